The molecule has 2 heteroatoms. The van der Waals surface area contributed by atoms with Crippen molar-refractivity contribution >= 4 is 11.0 Å². The predicted molar refractivity (Wildman–Crippen MR) is 155 cm³/mol. The first-order valence-electron chi connectivity index (χ1n) is 13.8. The molecule has 6 rings (SSSR count). The SMILES string of the molecule is Cc1c(-c2ccccc2)oc2cc(-c3cc(C(C)C)ccn3)cc(-c3ccc(C4CCCCC4)cc3)c12. The summed E-state index contributed by atoms with van der Waals surface area (Å²) in [5.74, 6) is 2.10. The Kier molecular flexibility index (Phi) is 6.42. The zero-order valence-electron chi connectivity index (χ0n) is 22.1. The van der Waals surface area contributed by atoms with Crippen molar-refractivity contribution in [2.24, 2.45) is 0 Å². The Morgan fingerprint density at radius 3 is 2.27 bits per heavy atom. The van der Waals surface area contributed by atoms with Crippen molar-refractivity contribution in [1.82, 2.24) is 4.98 Å². The third kappa shape index (κ3) is 4.62. The summed E-state index contributed by atoms with van der Waals surface area (Å²) in [5.41, 5.74) is 10.5. The summed E-state index contributed by atoms with van der Waals surface area (Å²) < 4.78 is 6.58. The molecule has 0 spiro atoms. The zero-order chi connectivity index (χ0) is 25.4. The van der Waals surface area contributed by atoms with Gasteiger partial charge in [-0.2, -0.15) is 0 Å². The number of aromatic nitrogens is 1. The highest BCUT2D eigenvalue weighted by Gasteiger charge is 2.20. The summed E-state index contributed by atoms with van der Waals surface area (Å²) in [6.07, 6.45) is 8.66. The fourth-order valence-corrected chi connectivity index (χ4v) is 5.96. The van der Waals surface area contributed by atoms with Gasteiger partial charge < -0.3 is 4.42 Å². The molecule has 37 heavy (non-hydrogen) atoms. The number of nitrogens with zero attached hydrogens (tertiary/aromatic N) is 1. The molecule has 2 aromatic heterocycles. The molecule has 0 atom stereocenters. The lowest BCUT2D eigenvalue weighted by molar-refractivity contribution is 0.443. The number of rotatable bonds is 5. The maximum Gasteiger partial charge on any atom is 0.138 e. The monoisotopic (exact) mass is 485 g/mol. The summed E-state index contributed by atoms with van der Waals surface area (Å²) in [6, 6.07) is 28.6. The zero-order valence-corrected chi connectivity index (χ0v) is 22.1. The van der Waals surface area contributed by atoms with Crippen LogP contribution in [0.5, 0.6) is 0 Å². The maximum atomic E-state index is 6.58. The molecule has 0 saturated heterocycles. The van der Waals surface area contributed by atoms with Crippen molar-refractivity contribution in [2.45, 2.75) is 64.7 Å². The minimum atomic E-state index is 0.452. The number of fused-ring (bicyclic) bond motifs is 1. The lowest BCUT2D eigenvalue weighted by Crippen LogP contribution is -2.04. The third-order valence-electron chi connectivity index (χ3n) is 8.11. The van der Waals surface area contributed by atoms with E-state index in [1.54, 1.807) is 0 Å². The Hall–Kier alpha value is -3.65. The molecule has 0 amide bonds. The second-order valence-electron chi connectivity index (χ2n) is 10.9. The molecule has 1 fully saturated rings. The van der Waals surface area contributed by atoms with Crippen molar-refractivity contribution in [3.8, 4) is 33.7 Å². The Balaban J connectivity index is 1.52. The fraction of sp³-hybridized carbons (Fsp3) is 0.286. The predicted octanol–water partition coefficient (Wildman–Crippen LogP) is 10.3. The van der Waals surface area contributed by atoms with E-state index >= 15 is 0 Å². The molecule has 3 aromatic carbocycles. The minimum absolute atomic E-state index is 0.452. The molecule has 1 aliphatic rings. The highest BCUT2D eigenvalue weighted by Crippen LogP contribution is 2.42. The summed E-state index contributed by atoms with van der Waals surface area (Å²) in [5, 5.41) is 1.19. The van der Waals surface area contributed by atoms with Crippen molar-refractivity contribution in [3.05, 3.63) is 102 Å². The molecule has 1 saturated carbocycles. The molecule has 0 aliphatic heterocycles. The second-order valence-corrected chi connectivity index (χ2v) is 10.9. The normalized spacial score (nSPS) is 14.5. The van der Waals surface area contributed by atoms with E-state index in [1.165, 1.54) is 65.3 Å². The van der Waals surface area contributed by atoms with Crippen LogP contribution in [0, 0.1) is 6.92 Å². The molecule has 186 valence electrons. The molecular formula is C35H35NO. The Morgan fingerprint density at radius 1 is 0.784 bits per heavy atom. The van der Waals surface area contributed by atoms with Gasteiger partial charge in [0.2, 0.25) is 0 Å². The van der Waals surface area contributed by atoms with Gasteiger partial charge in [-0.3, -0.25) is 4.98 Å². The number of hydrogen-bond acceptors (Lipinski definition) is 2. The molecular weight excluding hydrogens is 450 g/mol. The van der Waals surface area contributed by atoms with Crippen LogP contribution in [-0.2, 0) is 0 Å². The average molecular weight is 486 g/mol. The van der Waals surface area contributed by atoms with Gasteiger partial charge in [0.05, 0.1) is 5.69 Å². The first kappa shape index (κ1) is 23.7. The van der Waals surface area contributed by atoms with E-state index in [4.69, 9.17) is 9.40 Å². The number of pyridine rings is 1. The molecule has 2 nitrogen and oxygen atoms in total. The van der Waals surface area contributed by atoms with Crippen molar-refractivity contribution < 1.29 is 4.42 Å². The van der Waals surface area contributed by atoms with Gasteiger partial charge >= 0.3 is 0 Å². The van der Waals surface area contributed by atoms with Crippen LogP contribution in [-0.4, -0.2) is 4.98 Å². The Bertz CT molecular complexity index is 1520. The van der Waals surface area contributed by atoms with Crippen LogP contribution < -0.4 is 0 Å². The van der Waals surface area contributed by atoms with Crippen molar-refractivity contribution in [1.29, 1.82) is 0 Å². The number of aryl methyl sites for hydroxylation is 1. The highest BCUT2D eigenvalue weighted by atomic mass is 16.3. The lowest BCUT2D eigenvalue weighted by Gasteiger charge is -2.22. The van der Waals surface area contributed by atoms with Gasteiger partial charge in [0, 0.05) is 28.3 Å². The van der Waals surface area contributed by atoms with Gasteiger partial charge in [-0.25, -0.2) is 0 Å². The van der Waals surface area contributed by atoms with E-state index in [-0.39, 0.29) is 0 Å². The summed E-state index contributed by atoms with van der Waals surface area (Å²) in [7, 11) is 0. The van der Waals surface area contributed by atoms with E-state index in [0.717, 1.165) is 28.2 Å². The summed E-state index contributed by atoms with van der Waals surface area (Å²) in [4.78, 5) is 4.75. The van der Waals surface area contributed by atoms with Gasteiger partial charge in [0.25, 0.3) is 0 Å². The summed E-state index contributed by atoms with van der Waals surface area (Å²) in [6.45, 7) is 6.64. The van der Waals surface area contributed by atoms with Crippen molar-refractivity contribution in [2.75, 3.05) is 0 Å². The molecule has 0 unspecified atom stereocenters. The van der Waals surface area contributed by atoms with Crippen LogP contribution in [0.1, 0.15) is 74.5 Å². The van der Waals surface area contributed by atoms with Gasteiger partial charge in [-0.05, 0) is 78.1 Å². The van der Waals surface area contributed by atoms with Gasteiger partial charge in [0.15, 0.2) is 0 Å². The first-order chi connectivity index (χ1) is 18.1. The highest BCUT2D eigenvalue weighted by molar-refractivity contribution is 6.02. The average Bonchev–Trinajstić information content (AvgIpc) is 3.30. The topological polar surface area (TPSA) is 26.0 Å². The smallest absolute Gasteiger partial charge is 0.138 e. The lowest BCUT2D eigenvalue weighted by atomic mass is 9.83. The number of benzene rings is 3. The van der Waals surface area contributed by atoms with Crippen LogP contribution in [0.2, 0.25) is 0 Å². The van der Waals surface area contributed by atoms with E-state index in [2.05, 4.69) is 93.6 Å². The molecule has 1 aliphatic carbocycles. The second kappa shape index (κ2) is 10.0. The first-order valence-corrected chi connectivity index (χ1v) is 13.8. The van der Waals surface area contributed by atoms with Crippen LogP contribution in [0.25, 0.3) is 44.7 Å². The van der Waals surface area contributed by atoms with E-state index in [0.29, 0.717) is 11.8 Å². The van der Waals surface area contributed by atoms with Crippen LogP contribution in [0.15, 0.2) is 89.5 Å². The Labute approximate surface area is 220 Å². The standard InChI is InChI=1S/C35H35NO/c1-23(2)29-18-19-36-32(21-29)30-20-31(27-16-14-26(15-17-27)25-10-6-4-7-11-25)34-24(3)35(37-33(34)22-30)28-12-8-5-9-13-28/h5,8-9,12-23,25H,4,6-7,10-11H2,1-3H3. The summed E-state index contributed by atoms with van der Waals surface area (Å²) >= 11 is 0. The van der Waals surface area contributed by atoms with Gasteiger partial charge in [-0.15, -0.1) is 0 Å². The van der Waals surface area contributed by atoms with Gasteiger partial charge in [0.1, 0.15) is 11.3 Å². The van der Waals surface area contributed by atoms with E-state index in [1.807, 2.05) is 12.3 Å². The van der Waals surface area contributed by atoms with Crippen LogP contribution >= 0.6 is 0 Å². The van der Waals surface area contributed by atoms with E-state index in [9.17, 15) is 0 Å². The Morgan fingerprint density at radius 2 is 1.54 bits per heavy atom. The largest absolute Gasteiger partial charge is 0.456 e. The fourth-order valence-electron chi connectivity index (χ4n) is 5.96. The van der Waals surface area contributed by atoms with E-state index < -0.39 is 0 Å². The van der Waals surface area contributed by atoms with Crippen molar-refractivity contribution in [3.63, 3.8) is 0 Å². The molecule has 5 aromatic rings. The number of furan rings is 1. The molecule has 0 radical (unpaired) electrons. The molecule has 2 heterocycles. The van der Waals surface area contributed by atoms with Gasteiger partial charge in [-0.1, -0.05) is 87.7 Å². The number of hydrogen-bond donors (Lipinski definition) is 0. The third-order valence-corrected chi connectivity index (χ3v) is 8.11. The quantitative estimate of drug-likeness (QED) is 0.247. The maximum absolute atomic E-state index is 6.58. The molecule has 0 bridgehead atoms. The molecule has 0 N–H and O–H groups in total. The van der Waals surface area contributed by atoms with Crippen LogP contribution in [0.3, 0.4) is 0 Å². The minimum Gasteiger partial charge on any atom is -0.456 e. The van der Waals surface area contributed by atoms with Crippen LogP contribution in [0.4, 0.5) is 0 Å².